The summed E-state index contributed by atoms with van der Waals surface area (Å²) in [6.07, 6.45) is 0.900. The first-order valence-electron chi connectivity index (χ1n) is 6.82. The van der Waals surface area contributed by atoms with Gasteiger partial charge in [-0.15, -0.1) is 0 Å². The van der Waals surface area contributed by atoms with E-state index in [0.29, 0.717) is 31.6 Å². The summed E-state index contributed by atoms with van der Waals surface area (Å²) in [4.78, 5) is 14.0. The van der Waals surface area contributed by atoms with Gasteiger partial charge < -0.3 is 16.0 Å². The monoisotopic (exact) mass is 274 g/mol. The first-order chi connectivity index (χ1) is 9.58. The molecular weight excluding hydrogens is 252 g/mol. The van der Waals surface area contributed by atoms with Gasteiger partial charge in [0.05, 0.1) is 6.07 Å². The summed E-state index contributed by atoms with van der Waals surface area (Å²) in [5.41, 5.74) is 8.12. The first kappa shape index (κ1) is 16.0. The summed E-state index contributed by atoms with van der Waals surface area (Å²) in [6, 6.07) is 7.60. The molecule has 1 aromatic carbocycles. The largest absolute Gasteiger partial charge is 0.398 e. The molecule has 1 rings (SSSR count). The van der Waals surface area contributed by atoms with E-state index >= 15 is 0 Å². The van der Waals surface area contributed by atoms with Crippen molar-refractivity contribution in [3.05, 3.63) is 23.8 Å². The Morgan fingerprint density at radius 3 is 2.85 bits per heavy atom. The minimum absolute atomic E-state index is 0.0332. The van der Waals surface area contributed by atoms with Gasteiger partial charge in [0.25, 0.3) is 0 Å². The van der Waals surface area contributed by atoms with Crippen LogP contribution in [0.4, 0.5) is 11.4 Å². The number of nitrogens with two attached hydrogens (primary N) is 1. The molecule has 1 amide bonds. The molecule has 0 radical (unpaired) electrons. The van der Waals surface area contributed by atoms with Crippen LogP contribution in [0.25, 0.3) is 0 Å². The number of carbonyl (C=O) groups is 1. The second-order valence-corrected chi connectivity index (χ2v) is 4.66. The maximum Gasteiger partial charge on any atom is 0.225 e. The molecule has 0 aliphatic heterocycles. The molecule has 108 valence electrons. The average molecular weight is 274 g/mol. The number of hydrogen-bond donors (Lipinski definition) is 2. The highest BCUT2D eigenvalue weighted by atomic mass is 16.1. The summed E-state index contributed by atoms with van der Waals surface area (Å²) in [6.45, 7) is 6.11. The lowest BCUT2D eigenvalue weighted by Gasteiger charge is -2.18. The Morgan fingerprint density at radius 2 is 2.20 bits per heavy atom. The number of benzene rings is 1. The molecule has 0 aliphatic rings. The molecule has 3 N–H and O–H groups in total. The molecule has 0 aliphatic carbocycles. The normalized spacial score (nSPS) is 10.3. The zero-order chi connectivity index (χ0) is 15.0. The molecule has 0 bridgehead atoms. The van der Waals surface area contributed by atoms with E-state index in [1.807, 2.05) is 32.0 Å². The van der Waals surface area contributed by atoms with Gasteiger partial charge in [0.1, 0.15) is 0 Å². The molecule has 20 heavy (non-hydrogen) atoms. The molecule has 0 spiro atoms. The highest BCUT2D eigenvalue weighted by Crippen LogP contribution is 2.20. The number of hydrogen-bond acceptors (Lipinski definition) is 4. The maximum atomic E-state index is 11.9. The number of nitriles is 1. The van der Waals surface area contributed by atoms with Crippen LogP contribution in [-0.2, 0) is 4.79 Å². The average Bonchev–Trinajstić information content (AvgIpc) is 2.44. The predicted molar refractivity (Wildman–Crippen MR) is 81.2 cm³/mol. The Bertz CT molecular complexity index is 493. The molecular formula is C15H22N4O. The van der Waals surface area contributed by atoms with Crippen LogP contribution < -0.4 is 11.1 Å². The van der Waals surface area contributed by atoms with Crippen molar-refractivity contribution >= 4 is 17.3 Å². The van der Waals surface area contributed by atoms with Crippen molar-refractivity contribution in [1.82, 2.24) is 4.90 Å². The van der Waals surface area contributed by atoms with E-state index in [1.165, 1.54) is 0 Å². The van der Waals surface area contributed by atoms with E-state index < -0.39 is 0 Å². The molecule has 0 heterocycles. The number of nitrogens with one attached hydrogen (secondary N) is 1. The predicted octanol–water partition coefficient (Wildman–Crippen LogP) is 2.14. The SMILES string of the molecule is CCN(CCC#N)CCC(=O)Nc1cccc(N)c1C. The summed E-state index contributed by atoms with van der Waals surface area (Å²) >= 11 is 0. The van der Waals surface area contributed by atoms with Crippen LogP contribution in [0.3, 0.4) is 0 Å². The molecule has 0 unspecified atom stereocenters. The zero-order valence-electron chi connectivity index (χ0n) is 12.1. The fraction of sp³-hybridized carbons (Fsp3) is 0.467. The van der Waals surface area contributed by atoms with E-state index in [2.05, 4.69) is 16.3 Å². The second-order valence-electron chi connectivity index (χ2n) is 4.66. The van der Waals surface area contributed by atoms with Crippen LogP contribution in [0.2, 0.25) is 0 Å². The second kappa shape index (κ2) is 8.18. The topological polar surface area (TPSA) is 82.2 Å². The third-order valence-electron chi connectivity index (χ3n) is 3.29. The number of nitrogen functional groups attached to an aromatic ring is 1. The molecule has 5 heteroatoms. The smallest absolute Gasteiger partial charge is 0.225 e. The molecule has 0 atom stereocenters. The number of nitrogens with zero attached hydrogens (tertiary/aromatic N) is 2. The Balaban J connectivity index is 2.47. The lowest BCUT2D eigenvalue weighted by molar-refractivity contribution is -0.116. The molecule has 0 saturated heterocycles. The van der Waals surface area contributed by atoms with E-state index in [0.717, 1.165) is 17.8 Å². The number of amides is 1. The van der Waals surface area contributed by atoms with Crippen LogP contribution >= 0.6 is 0 Å². The fourth-order valence-electron chi connectivity index (χ4n) is 1.90. The molecule has 0 aromatic heterocycles. The minimum atomic E-state index is -0.0332. The number of carbonyl (C=O) groups excluding carboxylic acids is 1. The third kappa shape index (κ3) is 4.90. The van der Waals surface area contributed by atoms with Gasteiger partial charge in [0.15, 0.2) is 0 Å². The van der Waals surface area contributed by atoms with Gasteiger partial charge in [-0.1, -0.05) is 13.0 Å². The standard InChI is InChI=1S/C15H22N4O/c1-3-19(10-5-9-16)11-8-15(20)18-14-7-4-6-13(17)12(14)2/h4,6-7H,3,5,8,10-11,17H2,1-2H3,(H,18,20). The van der Waals surface area contributed by atoms with Gasteiger partial charge >= 0.3 is 0 Å². The van der Waals surface area contributed by atoms with Crippen molar-refractivity contribution in [3.63, 3.8) is 0 Å². The Morgan fingerprint density at radius 1 is 1.45 bits per heavy atom. The Kier molecular flexibility index (Phi) is 6.54. The van der Waals surface area contributed by atoms with E-state index in [9.17, 15) is 4.79 Å². The van der Waals surface area contributed by atoms with Crippen LogP contribution in [0, 0.1) is 18.3 Å². The van der Waals surface area contributed by atoms with Gasteiger partial charge in [-0.05, 0) is 31.2 Å². The van der Waals surface area contributed by atoms with Crippen molar-refractivity contribution in [1.29, 1.82) is 5.26 Å². The number of rotatable bonds is 7. The van der Waals surface area contributed by atoms with Crippen LogP contribution in [0.15, 0.2) is 18.2 Å². The fourth-order valence-corrected chi connectivity index (χ4v) is 1.90. The van der Waals surface area contributed by atoms with Crippen molar-refractivity contribution in [3.8, 4) is 6.07 Å². The summed E-state index contributed by atoms with van der Waals surface area (Å²) in [5.74, 6) is -0.0332. The molecule has 0 fully saturated rings. The Hall–Kier alpha value is -2.06. The van der Waals surface area contributed by atoms with Crippen LogP contribution in [-0.4, -0.2) is 30.4 Å². The van der Waals surface area contributed by atoms with Gasteiger partial charge in [-0.25, -0.2) is 0 Å². The molecule has 1 aromatic rings. The quantitative estimate of drug-likeness (QED) is 0.746. The van der Waals surface area contributed by atoms with Crippen LogP contribution in [0.5, 0.6) is 0 Å². The van der Waals surface area contributed by atoms with Crippen LogP contribution in [0.1, 0.15) is 25.3 Å². The lowest BCUT2D eigenvalue weighted by Crippen LogP contribution is -2.28. The molecule has 5 nitrogen and oxygen atoms in total. The maximum absolute atomic E-state index is 11.9. The van der Waals surface area contributed by atoms with E-state index in [4.69, 9.17) is 11.0 Å². The summed E-state index contributed by atoms with van der Waals surface area (Å²) < 4.78 is 0. The van der Waals surface area contributed by atoms with E-state index in [1.54, 1.807) is 0 Å². The van der Waals surface area contributed by atoms with Gasteiger partial charge in [0.2, 0.25) is 5.91 Å². The van der Waals surface area contributed by atoms with Gasteiger partial charge in [0, 0.05) is 37.3 Å². The van der Waals surface area contributed by atoms with Crippen molar-refractivity contribution in [2.45, 2.75) is 26.7 Å². The van der Waals surface area contributed by atoms with Crippen molar-refractivity contribution in [2.75, 3.05) is 30.7 Å². The summed E-state index contributed by atoms with van der Waals surface area (Å²) in [7, 11) is 0. The van der Waals surface area contributed by atoms with E-state index in [-0.39, 0.29) is 5.91 Å². The third-order valence-corrected chi connectivity index (χ3v) is 3.29. The first-order valence-corrected chi connectivity index (χ1v) is 6.82. The highest BCUT2D eigenvalue weighted by molar-refractivity contribution is 5.92. The highest BCUT2D eigenvalue weighted by Gasteiger charge is 2.09. The van der Waals surface area contributed by atoms with Gasteiger partial charge in [-0.2, -0.15) is 5.26 Å². The Labute approximate surface area is 120 Å². The lowest BCUT2D eigenvalue weighted by atomic mass is 10.1. The number of anilines is 2. The van der Waals surface area contributed by atoms with Crippen molar-refractivity contribution in [2.24, 2.45) is 0 Å². The minimum Gasteiger partial charge on any atom is -0.398 e. The van der Waals surface area contributed by atoms with Gasteiger partial charge in [-0.3, -0.25) is 4.79 Å². The molecule has 0 saturated carbocycles. The zero-order valence-corrected chi connectivity index (χ0v) is 12.1. The summed E-state index contributed by atoms with van der Waals surface area (Å²) in [5, 5.41) is 11.4. The van der Waals surface area contributed by atoms with Crippen molar-refractivity contribution < 1.29 is 4.79 Å².